The summed E-state index contributed by atoms with van der Waals surface area (Å²) in [6.45, 7) is 4.22. The molecule has 0 N–H and O–H groups in total. The quantitative estimate of drug-likeness (QED) is 0.647. The van der Waals surface area contributed by atoms with Crippen LogP contribution in [0.1, 0.15) is 0 Å². The first-order valence-electron chi connectivity index (χ1n) is 4.12. The van der Waals surface area contributed by atoms with Crippen molar-refractivity contribution in [2.75, 3.05) is 6.54 Å². The van der Waals surface area contributed by atoms with Gasteiger partial charge in [0, 0.05) is 0 Å². The topological polar surface area (TPSA) is 31.9 Å². The summed E-state index contributed by atoms with van der Waals surface area (Å²) in [6.07, 6.45) is 3.48. The molecule has 65 valence electrons. The van der Waals surface area contributed by atoms with E-state index in [-0.39, 0.29) is 0 Å². The minimum absolute atomic E-state index is 0.611. The molecule has 0 bridgehead atoms. The van der Waals surface area contributed by atoms with E-state index in [2.05, 4.69) is 17.0 Å². The normalized spacial score (nSPS) is 10.2. The van der Waals surface area contributed by atoms with Crippen molar-refractivity contribution in [1.29, 1.82) is 0 Å². The Labute approximate surface area is 76.7 Å². The Bertz CT molecular complexity index is 417. The molecule has 2 aromatic rings. The van der Waals surface area contributed by atoms with E-state index < -0.39 is 0 Å². The minimum Gasteiger partial charge on any atom is -0.235 e. The van der Waals surface area contributed by atoms with Crippen molar-refractivity contribution in [3.63, 3.8) is 0 Å². The van der Waals surface area contributed by atoms with E-state index in [4.69, 9.17) is 0 Å². The van der Waals surface area contributed by atoms with Gasteiger partial charge in [-0.3, -0.25) is 0 Å². The first-order valence-corrected chi connectivity index (χ1v) is 4.12. The maximum Gasteiger partial charge on any atom is 0.118 e. The number of fused-ring (bicyclic) bond motifs is 1. The second kappa shape index (κ2) is 3.31. The molecule has 0 fully saturated rings. The molecule has 0 amide bonds. The SMILES string of the molecule is C=CC[N]n1cnc2ccccc21. The van der Waals surface area contributed by atoms with Gasteiger partial charge in [-0.05, 0) is 12.1 Å². The van der Waals surface area contributed by atoms with E-state index in [0.29, 0.717) is 6.54 Å². The van der Waals surface area contributed by atoms with Crippen molar-refractivity contribution in [3.05, 3.63) is 43.2 Å². The van der Waals surface area contributed by atoms with E-state index in [0.717, 1.165) is 11.0 Å². The highest BCUT2D eigenvalue weighted by atomic mass is 15.4. The molecule has 1 aromatic heterocycles. The first-order chi connectivity index (χ1) is 6.42. The first kappa shape index (κ1) is 7.86. The van der Waals surface area contributed by atoms with Gasteiger partial charge < -0.3 is 0 Å². The van der Waals surface area contributed by atoms with Gasteiger partial charge in [-0.1, -0.05) is 18.2 Å². The summed E-state index contributed by atoms with van der Waals surface area (Å²) in [5, 5.41) is 0. The number of para-hydroxylation sites is 2. The Hall–Kier alpha value is -1.77. The zero-order valence-electron chi connectivity index (χ0n) is 7.22. The monoisotopic (exact) mass is 172 g/mol. The van der Waals surface area contributed by atoms with Gasteiger partial charge in [0.1, 0.15) is 6.33 Å². The van der Waals surface area contributed by atoms with Crippen LogP contribution >= 0.6 is 0 Å². The Morgan fingerprint density at radius 1 is 1.46 bits per heavy atom. The van der Waals surface area contributed by atoms with Crippen LogP contribution < -0.4 is 5.43 Å². The second-order valence-corrected chi connectivity index (χ2v) is 2.69. The van der Waals surface area contributed by atoms with Gasteiger partial charge in [0.15, 0.2) is 0 Å². The lowest BCUT2D eigenvalue weighted by molar-refractivity contribution is 0.637. The van der Waals surface area contributed by atoms with Crippen molar-refractivity contribution in [3.8, 4) is 0 Å². The Kier molecular flexibility index (Phi) is 2.00. The fraction of sp³-hybridized carbons (Fsp3) is 0.100. The third-order valence-corrected chi connectivity index (χ3v) is 1.80. The maximum absolute atomic E-state index is 4.25. The van der Waals surface area contributed by atoms with Crippen molar-refractivity contribution < 1.29 is 0 Å². The van der Waals surface area contributed by atoms with Crippen molar-refractivity contribution in [2.24, 2.45) is 0 Å². The van der Waals surface area contributed by atoms with E-state index in [1.807, 2.05) is 24.3 Å². The van der Waals surface area contributed by atoms with Gasteiger partial charge in [0.05, 0.1) is 17.6 Å². The molecule has 0 spiro atoms. The van der Waals surface area contributed by atoms with Crippen LogP contribution in [0.4, 0.5) is 0 Å². The smallest absolute Gasteiger partial charge is 0.118 e. The second-order valence-electron chi connectivity index (χ2n) is 2.69. The van der Waals surface area contributed by atoms with E-state index in [1.165, 1.54) is 0 Å². The van der Waals surface area contributed by atoms with Crippen LogP contribution in [-0.2, 0) is 0 Å². The van der Waals surface area contributed by atoms with Crippen LogP contribution in [0.15, 0.2) is 43.2 Å². The van der Waals surface area contributed by atoms with Crippen LogP contribution in [0, 0.1) is 0 Å². The Morgan fingerprint density at radius 3 is 3.15 bits per heavy atom. The maximum atomic E-state index is 4.25. The summed E-state index contributed by atoms with van der Waals surface area (Å²) in [6, 6.07) is 7.90. The van der Waals surface area contributed by atoms with Gasteiger partial charge in [0.2, 0.25) is 0 Å². The predicted molar refractivity (Wildman–Crippen MR) is 52.3 cm³/mol. The van der Waals surface area contributed by atoms with Crippen LogP contribution in [0.2, 0.25) is 0 Å². The van der Waals surface area contributed by atoms with E-state index in [9.17, 15) is 0 Å². The zero-order chi connectivity index (χ0) is 9.10. The fourth-order valence-corrected chi connectivity index (χ4v) is 1.20. The number of nitrogens with zero attached hydrogens (tertiary/aromatic N) is 3. The third kappa shape index (κ3) is 1.40. The summed E-state index contributed by atoms with van der Waals surface area (Å²) in [7, 11) is 0. The standard InChI is InChI=1S/C10H10N3/c1-2-7-12-13-8-11-9-5-3-4-6-10(9)13/h2-6,8H,1,7H2. The molecular formula is C10H10N3. The largest absolute Gasteiger partial charge is 0.235 e. The lowest BCUT2D eigenvalue weighted by Gasteiger charge is -1.99. The average molecular weight is 172 g/mol. The number of hydrogen-bond donors (Lipinski definition) is 0. The number of aromatic nitrogens is 2. The number of rotatable bonds is 3. The lowest BCUT2D eigenvalue weighted by atomic mass is 10.3. The molecule has 0 aliphatic carbocycles. The average Bonchev–Trinajstić information content (AvgIpc) is 2.58. The molecule has 0 saturated carbocycles. The predicted octanol–water partition coefficient (Wildman–Crippen LogP) is 1.59. The summed E-state index contributed by atoms with van der Waals surface area (Å²) in [5.74, 6) is 0. The summed E-state index contributed by atoms with van der Waals surface area (Å²) < 4.78 is 1.77. The van der Waals surface area contributed by atoms with Crippen molar-refractivity contribution in [2.45, 2.75) is 0 Å². The van der Waals surface area contributed by atoms with E-state index in [1.54, 1.807) is 17.1 Å². The van der Waals surface area contributed by atoms with Gasteiger partial charge in [-0.25, -0.2) is 15.1 Å². The molecule has 0 atom stereocenters. The highest BCUT2D eigenvalue weighted by Crippen LogP contribution is 2.09. The molecule has 0 aliphatic rings. The molecular weight excluding hydrogens is 162 g/mol. The number of benzene rings is 1. The molecule has 1 radical (unpaired) electrons. The molecule has 1 heterocycles. The van der Waals surface area contributed by atoms with Gasteiger partial charge >= 0.3 is 0 Å². The van der Waals surface area contributed by atoms with Crippen LogP contribution in [0.3, 0.4) is 0 Å². The summed E-state index contributed by atoms with van der Waals surface area (Å²) in [5.41, 5.74) is 6.25. The van der Waals surface area contributed by atoms with Gasteiger partial charge in [-0.15, -0.1) is 6.58 Å². The zero-order valence-corrected chi connectivity index (χ0v) is 7.22. The van der Waals surface area contributed by atoms with E-state index >= 15 is 0 Å². The van der Waals surface area contributed by atoms with Gasteiger partial charge in [0.25, 0.3) is 0 Å². The fourth-order valence-electron chi connectivity index (χ4n) is 1.20. The summed E-state index contributed by atoms with van der Waals surface area (Å²) >= 11 is 0. The Balaban J connectivity index is 2.40. The highest BCUT2D eigenvalue weighted by molar-refractivity contribution is 5.74. The molecule has 2 rings (SSSR count). The van der Waals surface area contributed by atoms with Crippen LogP contribution in [-0.4, -0.2) is 16.2 Å². The van der Waals surface area contributed by atoms with Crippen molar-refractivity contribution >= 4 is 11.0 Å². The summed E-state index contributed by atoms with van der Waals surface area (Å²) in [4.78, 5) is 4.21. The molecule has 0 saturated heterocycles. The van der Waals surface area contributed by atoms with Crippen molar-refractivity contribution in [1.82, 2.24) is 15.1 Å². The molecule has 0 unspecified atom stereocenters. The number of hydrogen-bond acceptors (Lipinski definition) is 1. The molecule has 13 heavy (non-hydrogen) atoms. The Morgan fingerprint density at radius 2 is 2.31 bits per heavy atom. The third-order valence-electron chi connectivity index (χ3n) is 1.80. The highest BCUT2D eigenvalue weighted by Gasteiger charge is 1.99. The lowest BCUT2D eigenvalue weighted by Crippen LogP contribution is -2.11. The number of imidazole rings is 1. The molecule has 0 aliphatic heterocycles. The molecule has 1 aromatic carbocycles. The van der Waals surface area contributed by atoms with Gasteiger partial charge in [-0.2, -0.15) is 0 Å². The minimum atomic E-state index is 0.611. The molecule has 3 nitrogen and oxygen atoms in total. The van der Waals surface area contributed by atoms with Crippen LogP contribution in [0.25, 0.3) is 11.0 Å². The van der Waals surface area contributed by atoms with Crippen LogP contribution in [0.5, 0.6) is 0 Å². The molecule has 3 heteroatoms.